The van der Waals surface area contributed by atoms with E-state index in [1.807, 2.05) is 24.7 Å². The fourth-order valence-electron chi connectivity index (χ4n) is 2.24. The van der Waals surface area contributed by atoms with Crippen LogP contribution in [0.15, 0.2) is 37.3 Å². The number of nitrogens with zero attached hydrogens (tertiary/aromatic N) is 4. The van der Waals surface area contributed by atoms with Crippen molar-refractivity contribution in [1.82, 2.24) is 14.8 Å². The van der Waals surface area contributed by atoms with E-state index in [1.165, 1.54) is 0 Å². The maximum atomic E-state index is 5.35. The first-order valence-corrected chi connectivity index (χ1v) is 7.03. The van der Waals surface area contributed by atoms with Gasteiger partial charge in [-0.2, -0.15) is 5.10 Å². The minimum Gasteiger partial charge on any atom is -0.380 e. The molecule has 0 saturated carbocycles. The summed E-state index contributed by atoms with van der Waals surface area (Å²) in [5.41, 5.74) is 2.10. The Kier molecular flexibility index (Phi) is 4.16. The summed E-state index contributed by atoms with van der Waals surface area (Å²) in [6.45, 7) is 7.74. The first-order chi connectivity index (χ1) is 10.3. The maximum Gasteiger partial charge on any atom is 0.128 e. The Balaban J connectivity index is 1.57. The van der Waals surface area contributed by atoms with Gasteiger partial charge in [0.25, 0.3) is 0 Å². The summed E-state index contributed by atoms with van der Waals surface area (Å²) in [6.07, 6.45) is 7.30. The molecule has 6 nitrogen and oxygen atoms in total. The van der Waals surface area contributed by atoms with E-state index < -0.39 is 0 Å². The zero-order chi connectivity index (χ0) is 14.5. The molecule has 0 atom stereocenters. The zero-order valence-electron chi connectivity index (χ0n) is 11.9. The van der Waals surface area contributed by atoms with Crippen molar-refractivity contribution in [3.8, 4) is 0 Å². The molecule has 1 aliphatic heterocycles. The summed E-state index contributed by atoms with van der Waals surface area (Å²) < 4.78 is 7.04. The molecule has 0 unspecified atom stereocenters. The lowest BCUT2D eigenvalue weighted by Gasteiger charge is -2.27. The van der Waals surface area contributed by atoms with Gasteiger partial charge >= 0.3 is 0 Å². The van der Waals surface area contributed by atoms with Crippen LogP contribution in [0.3, 0.4) is 0 Å². The van der Waals surface area contributed by atoms with E-state index >= 15 is 0 Å². The molecule has 0 spiro atoms. The van der Waals surface area contributed by atoms with Gasteiger partial charge in [0.1, 0.15) is 5.82 Å². The summed E-state index contributed by atoms with van der Waals surface area (Å²) in [4.78, 5) is 6.74. The second-order valence-electron chi connectivity index (χ2n) is 4.87. The number of aromatic nitrogens is 3. The summed E-state index contributed by atoms with van der Waals surface area (Å²) in [7, 11) is 0. The van der Waals surface area contributed by atoms with Crippen LogP contribution >= 0.6 is 0 Å². The molecule has 2 aromatic rings. The van der Waals surface area contributed by atoms with Crippen molar-refractivity contribution in [2.24, 2.45) is 0 Å². The number of ether oxygens (including phenoxy) is 1. The summed E-state index contributed by atoms with van der Waals surface area (Å²) in [6, 6.07) is 4.09. The third-order valence-electron chi connectivity index (χ3n) is 3.42. The first-order valence-electron chi connectivity index (χ1n) is 7.03. The van der Waals surface area contributed by atoms with Crippen LogP contribution in [-0.4, -0.2) is 41.1 Å². The van der Waals surface area contributed by atoms with Crippen molar-refractivity contribution in [3.05, 3.63) is 42.9 Å². The minimum atomic E-state index is 0.715. The van der Waals surface area contributed by atoms with Crippen LogP contribution in [0.25, 0.3) is 6.20 Å². The number of nitrogens with one attached hydrogen (secondary N) is 1. The summed E-state index contributed by atoms with van der Waals surface area (Å²) in [5.74, 6) is 1.00. The van der Waals surface area contributed by atoms with Gasteiger partial charge < -0.3 is 15.0 Å². The van der Waals surface area contributed by atoms with E-state index in [0.29, 0.717) is 6.54 Å². The van der Waals surface area contributed by atoms with E-state index in [1.54, 1.807) is 10.9 Å². The van der Waals surface area contributed by atoms with E-state index in [9.17, 15) is 0 Å². The Morgan fingerprint density at radius 2 is 2.14 bits per heavy atom. The number of pyridine rings is 1. The highest BCUT2D eigenvalue weighted by Crippen LogP contribution is 2.16. The largest absolute Gasteiger partial charge is 0.380 e. The van der Waals surface area contributed by atoms with Crippen LogP contribution in [0, 0.1) is 0 Å². The second-order valence-corrected chi connectivity index (χ2v) is 4.87. The number of hydrogen-bond donors (Lipinski definition) is 1. The van der Waals surface area contributed by atoms with Crippen LogP contribution in [0.1, 0.15) is 5.56 Å². The molecular formula is C15H19N5O. The van der Waals surface area contributed by atoms with Crippen LogP contribution in [0.5, 0.6) is 0 Å². The average molecular weight is 285 g/mol. The summed E-state index contributed by atoms with van der Waals surface area (Å²) in [5, 5.41) is 7.48. The molecule has 3 rings (SSSR count). The SMILES string of the molecule is C=Cn1cc(CNc2ccc(N3CCOCC3)nc2)cn1. The molecule has 110 valence electrons. The molecule has 1 aliphatic rings. The lowest BCUT2D eigenvalue weighted by molar-refractivity contribution is 0.122. The summed E-state index contributed by atoms with van der Waals surface area (Å²) >= 11 is 0. The van der Waals surface area contributed by atoms with Gasteiger partial charge in [-0.15, -0.1) is 0 Å². The average Bonchev–Trinajstić information content (AvgIpc) is 3.02. The third-order valence-corrected chi connectivity index (χ3v) is 3.42. The van der Waals surface area contributed by atoms with Crippen molar-refractivity contribution in [2.75, 3.05) is 36.5 Å². The van der Waals surface area contributed by atoms with Crippen LogP contribution in [0.4, 0.5) is 11.5 Å². The fraction of sp³-hybridized carbons (Fsp3) is 0.333. The smallest absolute Gasteiger partial charge is 0.128 e. The molecule has 21 heavy (non-hydrogen) atoms. The number of anilines is 2. The second kappa shape index (κ2) is 6.41. The predicted molar refractivity (Wildman–Crippen MR) is 83.2 cm³/mol. The van der Waals surface area contributed by atoms with E-state index in [-0.39, 0.29) is 0 Å². The molecule has 6 heteroatoms. The molecule has 0 aromatic carbocycles. The van der Waals surface area contributed by atoms with Gasteiger partial charge in [0.05, 0.1) is 31.3 Å². The Bertz CT molecular complexity index is 586. The molecule has 2 aromatic heterocycles. The van der Waals surface area contributed by atoms with Crippen molar-refractivity contribution >= 4 is 17.7 Å². The maximum absolute atomic E-state index is 5.35. The predicted octanol–water partition coefficient (Wildman–Crippen LogP) is 1.83. The van der Waals surface area contributed by atoms with E-state index in [4.69, 9.17) is 4.74 Å². The lowest BCUT2D eigenvalue weighted by Crippen LogP contribution is -2.36. The minimum absolute atomic E-state index is 0.715. The molecule has 0 aliphatic carbocycles. The zero-order valence-corrected chi connectivity index (χ0v) is 11.9. The van der Waals surface area contributed by atoms with E-state index in [0.717, 1.165) is 43.4 Å². The fourth-order valence-corrected chi connectivity index (χ4v) is 2.24. The van der Waals surface area contributed by atoms with Crippen LogP contribution in [-0.2, 0) is 11.3 Å². The molecule has 0 radical (unpaired) electrons. The van der Waals surface area contributed by atoms with Crippen molar-refractivity contribution in [1.29, 1.82) is 0 Å². The van der Waals surface area contributed by atoms with Crippen molar-refractivity contribution in [2.45, 2.75) is 6.54 Å². The molecule has 1 N–H and O–H groups in total. The molecule has 1 saturated heterocycles. The Morgan fingerprint density at radius 3 is 2.81 bits per heavy atom. The van der Waals surface area contributed by atoms with Gasteiger partial charge in [0.15, 0.2) is 0 Å². The van der Waals surface area contributed by atoms with Gasteiger partial charge in [0, 0.05) is 37.6 Å². The number of hydrogen-bond acceptors (Lipinski definition) is 5. The Morgan fingerprint density at radius 1 is 1.29 bits per heavy atom. The molecule has 0 bridgehead atoms. The highest BCUT2D eigenvalue weighted by molar-refractivity contribution is 5.49. The van der Waals surface area contributed by atoms with Gasteiger partial charge in [-0.05, 0) is 12.1 Å². The number of rotatable bonds is 5. The monoisotopic (exact) mass is 285 g/mol. The first kappa shape index (κ1) is 13.6. The Labute approximate surface area is 124 Å². The van der Waals surface area contributed by atoms with E-state index in [2.05, 4.69) is 32.9 Å². The normalized spacial score (nSPS) is 15.0. The number of morpholine rings is 1. The van der Waals surface area contributed by atoms with Crippen molar-refractivity contribution < 1.29 is 4.74 Å². The third kappa shape index (κ3) is 3.41. The van der Waals surface area contributed by atoms with Gasteiger partial charge in [-0.25, -0.2) is 9.67 Å². The van der Waals surface area contributed by atoms with Crippen LogP contribution in [0.2, 0.25) is 0 Å². The highest BCUT2D eigenvalue weighted by atomic mass is 16.5. The van der Waals surface area contributed by atoms with Gasteiger partial charge in [-0.1, -0.05) is 6.58 Å². The molecular weight excluding hydrogens is 266 g/mol. The molecule has 0 amide bonds. The van der Waals surface area contributed by atoms with Gasteiger partial charge in [-0.3, -0.25) is 0 Å². The van der Waals surface area contributed by atoms with Crippen LogP contribution < -0.4 is 10.2 Å². The highest BCUT2D eigenvalue weighted by Gasteiger charge is 2.11. The topological polar surface area (TPSA) is 55.2 Å². The van der Waals surface area contributed by atoms with Gasteiger partial charge in [0.2, 0.25) is 0 Å². The Hall–Kier alpha value is -2.34. The quantitative estimate of drug-likeness (QED) is 0.908. The lowest BCUT2D eigenvalue weighted by atomic mass is 10.3. The molecule has 3 heterocycles. The van der Waals surface area contributed by atoms with Crippen molar-refractivity contribution in [3.63, 3.8) is 0 Å². The standard InChI is InChI=1S/C15H19N5O/c1-2-20-12-13(10-18-20)9-16-14-3-4-15(17-11-14)19-5-7-21-8-6-19/h2-4,10-12,16H,1,5-9H2. The molecule has 1 fully saturated rings.